The molecule has 1 aromatic carbocycles. The van der Waals surface area contributed by atoms with E-state index in [0.717, 1.165) is 11.3 Å². The molecule has 0 saturated carbocycles. The highest BCUT2D eigenvalue weighted by molar-refractivity contribution is 8.26. The average molecular weight is 524 g/mol. The van der Waals surface area contributed by atoms with Crippen molar-refractivity contribution in [2.45, 2.75) is 26.8 Å². The van der Waals surface area contributed by atoms with E-state index in [1.54, 1.807) is 29.3 Å². The van der Waals surface area contributed by atoms with Gasteiger partial charge in [-0.15, -0.1) is 0 Å². The lowest BCUT2D eigenvalue weighted by atomic mass is 10.2. The maximum Gasteiger partial charge on any atom is 0.267 e. The molecule has 0 atom stereocenters. The molecule has 2 aromatic heterocycles. The number of hydrogen-bond acceptors (Lipinski definition) is 7. The highest BCUT2D eigenvalue weighted by Gasteiger charge is 2.34. The molecule has 2 aliphatic heterocycles. The van der Waals surface area contributed by atoms with Crippen molar-refractivity contribution < 1.29 is 9.18 Å². The van der Waals surface area contributed by atoms with Crippen LogP contribution in [-0.2, 0) is 4.79 Å². The van der Waals surface area contributed by atoms with Crippen LogP contribution in [0.15, 0.2) is 52.3 Å². The van der Waals surface area contributed by atoms with Gasteiger partial charge in [-0.3, -0.25) is 18.9 Å². The Labute approximate surface area is 218 Å². The van der Waals surface area contributed by atoms with Gasteiger partial charge in [0, 0.05) is 44.1 Å². The number of halogens is 1. The standard InChI is InChI=1S/C26H26FN5O2S2/c1-16(2)32-25(34)21(36-26(32)35)14-20-23(28-22-9-4-17(3)15-31(22)24(20)33)30-12-10-29(11-13-30)19-7-5-18(27)6-8-19/h4-9,14-16H,10-13H2,1-3H3. The van der Waals surface area contributed by atoms with Crippen LogP contribution in [0.1, 0.15) is 25.0 Å². The number of amides is 1. The molecule has 0 unspecified atom stereocenters. The zero-order valence-corrected chi connectivity index (χ0v) is 21.9. The van der Waals surface area contributed by atoms with Crippen LogP contribution in [0.4, 0.5) is 15.9 Å². The first kappa shape index (κ1) is 24.5. The van der Waals surface area contributed by atoms with Crippen molar-refractivity contribution in [3.8, 4) is 0 Å². The smallest absolute Gasteiger partial charge is 0.267 e. The van der Waals surface area contributed by atoms with Crippen molar-refractivity contribution in [3.05, 3.63) is 74.8 Å². The molecule has 0 spiro atoms. The first-order valence-corrected chi connectivity index (χ1v) is 13.0. The third-order valence-corrected chi connectivity index (χ3v) is 7.70. The molecule has 36 heavy (non-hydrogen) atoms. The van der Waals surface area contributed by atoms with E-state index in [4.69, 9.17) is 17.2 Å². The number of anilines is 2. The number of thioether (sulfide) groups is 1. The molecule has 2 saturated heterocycles. The largest absolute Gasteiger partial charge is 0.368 e. The summed E-state index contributed by atoms with van der Waals surface area (Å²) in [6.07, 6.45) is 3.41. The van der Waals surface area contributed by atoms with Gasteiger partial charge in [-0.05, 0) is 62.7 Å². The van der Waals surface area contributed by atoms with E-state index in [1.807, 2.05) is 32.9 Å². The lowest BCUT2D eigenvalue weighted by molar-refractivity contribution is -0.123. The van der Waals surface area contributed by atoms with Crippen LogP contribution in [0.3, 0.4) is 0 Å². The first-order chi connectivity index (χ1) is 17.2. The van der Waals surface area contributed by atoms with Crippen LogP contribution >= 0.6 is 24.0 Å². The molecule has 2 fully saturated rings. The van der Waals surface area contributed by atoms with Crippen LogP contribution in [0.5, 0.6) is 0 Å². The number of piperazine rings is 1. The molecule has 0 radical (unpaired) electrons. The van der Waals surface area contributed by atoms with Crippen molar-refractivity contribution in [3.63, 3.8) is 0 Å². The van der Waals surface area contributed by atoms with Crippen molar-refractivity contribution in [2.24, 2.45) is 0 Å². The molecule has 7 nitrogen and oxygen atoms in total. The fourth-order valence-corrected chi connectivity index (χ4v) is 6.00. The van der Waals surface area contributed by atoms with Crippen molar-refractivity contribution in [2.75, 3.05) is 36.0 Å². The van der Waals surface area contributed by atoms with Crippen LogP contribution in [0, 0.1) is 12.7 Å². The number of fused-ring (bicyclic) bond motifs is 1. The van der Waals surface area contributed by atoms with E-state index in [0.29, 0.717) is 52.4 Å². The van der Waals surface area contributed by atoms with Gasteiger partial charge in [0.25, 0.3) is 11.5 Å². The SMILES string of the molecule is Cc1ccc2nc(N3CCN(c4ccc(F)cc4)CC3)c(C=C3SC(=S)N(C(C)C)C3=O)c(=O)n2c1. The maximum atomic E-state index is 13.7. The average Bonchev–Trinajstić information content (AvgIpc) is 3.14. The second-order valence-electron chi connectivity index (χ2n) is 9.18. The Balaban J connectivity index is 1.54. The number of benzene rings is 1. The Morgan fingerprint density at radius 3 is 2.33 bits per heavy atom. The normalized spacial score (nSPS) is 17.8. The third kappa shape index (κ3) is 4.51. The summed E-state index contributed by atoms with van der Waals surface area (Å²) < 4.78 is 15.4. The molecular weight excluding hydrogens is 497 g/mol. The number of carbonyl (C=O) groups is 1. The molecule has 3 aromatic rings. The predicted octanol–water partition coefficient (Wildman–Crippen LogP) is 4.08. The van der Waals surface area contributed by atoms with Crippen molar-refractivity contribution in [1.29, 1.82) is 0 Å². The van der Waals surface area contributed by atoms with Crippen LogP contribution in [0.2, 0.25) is 0 Å². The Bertz CT molecular complexity index is 1440. The zero-order valence-electron chi connectivity index (χ0n) is 20.3. The number of aromatic nitrogens is 2. The monoisotopic (exact) mass is 523 g/mol. The molecule has 0 bridgehead atoms. The second-order valence-corrected chi connectivity index (χ2v) is 10.9. The number of thiocarbonyl (C=S) groups is 1. The number of hydrogen-bond donors (Lipinski definition) is 0. The molecule has 0 aliphatic carbocycles. The summed E-state index contributed by atoms with van der Waals surface area (Å²) in [7, 11) is 0. The summed E-state index contributed by atoms with van der Waals surface area (Å²) in [5, 5.41) is 0. The van der Waals surface area contributed by atoms with Gasteiger partial charge in [-0.1, -0.05) is 30.0 Å². The van der Waals surface area contributed by atoms with Gasteiger partial charge in [0.2, 0.25) is 0 Å². The summed E-state index contributed by atoms with van der Waals surface area (Å²) in [5.41, 5.74) is 2.58. The summed E-state index contributed by atoms with van der Waals surface area (Å²) in [6, 6.07) is 10.2. The van der Waals surface area contributed by atoms with E-state index < -0.39 is 0 Å². The number of nitrogens with zero attached hydrogens (tertiary/aromatic N) is 5. The summed E-state index contributed by atoms with van der Waals surface area (Å²) >= 11 is 6.64. The molecule has 1 amide bonds. The third-order valence-electron chi connectivity index (χ3n) is 6.37. The van der Waals surface area contributed by atoms with E-state index >= 15 is 0 Å². The molecule has 2 aliphatic rings. The van der Waals surface area contributed by atoms with Crippen molar-refractivity contribution in [1.82, 2.24) is 14.3 Å². The van der Waals surface area contributed by atoms with Gasteiger partial charge in [0.05, 0.1) is 10.5 Å². The number of rotatable bonds is 4. The van der Waals surface area contributed by atoms with Crippen molar-refractivity contribution >= 4 is 57.4 Å². The Morgan fingerprint density at radius 2 is 1.69 bits per heavy atom. The van der Waals surface area contributed by atoms with Gasteiger partial charge < -0.3 is 9.80 Å². The highest BCUT2D eigenvalue weighted by atomic mass is 32.2. The molecule has 5 rings (SSSR count). The minimum absolute atomic E-state index is 0.0686. The Morgan fingerprint density at radius 1 is 1.03 bits per heavy atom. The molecular formula is C26H26FN5O2S2. The summed E-state index contributed by atoms with van der Waals surface area (Å²) in [5.74, 6) is 0.0965. The minimum atomic E-state index is -0.263. The zero-order chi connectivity index (χ0) is 25.6. The minimum Gasteiger partial charge on any atom is -0.368 e. The fraction of sp³-hybridized carbons (Fsp3) is 0.308. The quantitative estimate of drug-likeness (QED) is 0.377. The predicted molar refractivity (Wildman–Crippen MR) is 147 cm³/mol. The number of aryl methyl sites for hydroxylation is 1. The molecule has 10 heteroatoms. The summed E-state index contributed by atoms with van der Waals surface area (Å²) in [4.78, 5) is 37.9. The van der Waals surface area contributed by atoms with Crippen LogP contribution < -0.4 is 15.4 Å². The van der Waals surface area contributed by atoms with E-state index in [1.165, 1.54) is 28.3 Å². The Hall–Kier alpha value is -3.24. The molecule has 186 valence electrons. The topological polar surface area (TPSA) is 61.2 Å². The van der Waals surface area contributed by atoms with Gasteiger partial charge in [0.1, 0.15) is 21.6 Å². The summed E-state index contributed by atoms with van der Waals surface area (Å²) in [6.45, 7) is 8.37. The van der Waals surface area contributed by atoms with E-state index in [-0.39, 0.29) is 23.3 Å². The second kappa shape index (κ2) is 9.67. The maximum absolute atomic E-state index is 13.7. The lowest BCUT2D eigenvalue weighted by Gasteiger charge is -2.37. The van der Waals surface area contributed by atoms with Gasteiger partial charge >= 0.3 is 0 Å². The first-order valence-electron chi connectivity index (χ1n) is 11.8. The van der Waals surface area contributed by atoms with E-state index in [2.05, 4.69) is 9.80 Å². The molecule has 4 heterocycles. The molecule has 0 N–H and O–H groups in total. The Kier molecular flexibility index (Phi) is 6.57. The van der Waals surface area contributed by atoms with E-state index in [9.17, 15) is 14.0 Å². The van der Waals surface area contributed by atoms with Crippen LogP contribution in [-0.4, -0.2) is 56.7 Å². The number of pyridine rings is 1. The van der Waals surface area contributed by atoms with Gasteiger partial charge in [-0.25, -0.2) is 9.37 Å². The van der Waals surface area contributed by atoms with Crippen LogP contribution in [0.25, 0.3) is 11.7 Å². The fourth-order valence-electron chi connectivity index (χ4n) is 4.50. The lowest BCUT2D eigenvalue weighted by Crippen LogP contribution is -2.47. The number of carbonyl (C=O) groups excluding carboxylic acids is 1. The van der Waals surface area contributed by atoms with Gasteiger partial charge in [-0.2, -0.15) is 0 Å². The van der Waals surface area contributed by atoms with Gasteiger partial charge in [0.15, 0.2) is 0 Å². The highest BCUT2D eigenvalue weighted by Crippen LogP contribution is 2.35.